The zero-order chi connectivity index (χ0) is 15.3. The summed E-state index contributed by atoms with van der Waals surface area (Å²) in [6.45, 7) is 0. The molecule has 2 rings (SSSR count). The Balaban J connectivity index is 2.27. The highest BCUT2D eigenvalue weighted by Gasteiger charge is 2.34. The molecular weight excluding hydrogens is 334 g/mol. The minimum atomic E-state index is -0.165. The van der Waals surface area contributed by atoms with Crippen molar-refractivity contribution in [1.82, 2.24) is 5.32 Å². The van der Waals surface area contributed by atoms with Gasteiger partial charge in [0, 0.05) is 5.33 Å². The summed E-state index contributed by atoms with van der Waals surface area (Å²) in [6, 6.07) is 5.37. The van der Waals surface area contributed by atoms with E-state index < -0.39 is 0 Å². The monoisotopic (exact) mass is 355 g/mol. The van der Waals surface area contributed by atoms with Gasteiger partial charge in [0.2, 0.25) is 0 Å². The molecule has 116 valence electrons. The average Bonchev–Trinajstić information content (AvgIpc) is 2.54. The Morgan fingerprint density at radius 2 is 1.76 bits per heavy atom. The Labute approximate surface area is 134 Å². The lowest BCUT2D eigenvalue weighted by atomic mass is 9.83. The fourth-order valence-corrected chi connectivity index (χ4v) is 3.60. The zero-order valence-electron chi connectivity index (χ0n) is 12.6. The van der Waals surface area contributed by atoms with Gasteiger partial charge in [0.15, 0.2) is 0 Å². The number of methoxy groups -OCH3 is 2. The third-order valence-corrected chi connectivity index (χ3v) is 5.17. The Hall–Kier alpha value is -1.23. The maximum Gasteiger partial charge on any atom is 0.259 e. The van der Waals surface area contributed by atoms with E-state index in [4.69, 9.17) is 9.47 Å². The standard InChI is InChI=1S/C16H22BrNO3/c1-20-12-7-6-8-13(21-2)14(12)15(19)18-16(11-17)9-4-3-5-10-16/h6-8H,3-5,9-11H2,1-2H3,(H,18,19). The lowest BCUT2D eigenvalue weighted by Crippen LogP contribution is -2.51. The van der Waals surface area contributed by atoms with Gasteiger partial charge in [0.25, 0.3) is 5.91 Å². The summed E-state index contributed by atoms with van der Waals surface area (Å²) in [5, 5.41) is 3.97. The van der Waals surface area contributed by atoms with Crippen LogP contribution in [0.2, 0.25) is 0 Å². The summed E-state index contributed by atoms with van der Waals surface area (Å²) in [4.78, 5) is 12.7. The minimum absolute atomic E-state index is 0.134. The molecule has 0 heterocycles. The van der Waals surface area contributed by atoms with E-state index in [1.54, 1.807) is 26.4 Å². The van der Waals surface area contributed by atoms with Crippen LogP contribution < -0.4 is 14.8 Å². The summed E-state index contributed by atoms with van der Waals surface area (Å²) in [6.07, 6.45) is 5.54. The van der Waals surface area contributed by atoms with Crippen molar-refractivity contribution in [3.8, 4) is 11.5 Å². The Kier molecular flexibility index (Phi) is 5.51. The molecule has 0 aliphatic heterocycles. The molecule has 1 aliphatic carbocycles. The van der Waals surface area contributed by atoms with Crippen molar-refractivity contribution in [3.63, 3.8) is 0 Å². The molecule has 1 amide bonds. The van der Waals surface area contributed by atoms with E-state index in [2.05, 4.69) is 21.2 Å². The largest absolute Gasteiger partial charge is 0.496 e. The molecule has 0 saturated heterocycles. The molecule has 1 saturated carbocycles. The molecule has 5 heteroatoms. The van der Waals surface area contributed by atoms with Gasteiger partial charge in [-0.3, -0.25) is 4.79 Å². The number of benzene rings is 1. The summed E-state index contributed by atoms with van der Waals surface area (Å²) >= 11 is 3.56. The van der Waals surface area contributed by atoms with Crippen molar-refractivity contribution in [2.75, 3.05) is 19.5 Å². The quantitative estimate of drug-likeness (QED) is 0.821. The first-order valence-electron chi connectivity index (χ1n) is 7.25. The number of hydrogen-bond acceptors (Lipinski definition) is 3. The normalized spacial score (nSPS) is 17.1. The van der Waals surface area contributed by atoms with Crippen LogP contribution in [0.15, 0.2) is 18.2 Å². The molecule has 4 nitrogen and oxygen atoms in total. The SMILES string of the molecule is COc1cccc(OC)c1C(=O)NC1(CBr)CCCCC1. The number of hydrogen-bond donors (Lipinski definition) is 1. The van der Waals surface area contributed by atoms with Crippen molar-refractivity contribution in [2.24, 2.45) is 0 Å². The van der Waals surface area contributed by atoms with Gasteiger partial charge in [-0.05, 0) is 25.0 Å². The Bertz CT molecular complexity index is 476. The molecule has 0 aromatic heterocycles. The predicted octanol–water partition coefficient (Wildman–Crippen LogP) is 3.53. The lowest BCUT2D eigenvalue weighted by molar-refractivity contribution is 0.0880. The number of amides is 1. The zero-order valence-corrected chi connectivity index (χ0v) is 14.2. The van der Waals surface area contributed by atoms with Crippen LogP contribution in [-0.4, -0.2) is 31.0 Å². The van der Waals surface area contributed by atoms with Crippen molar-refractivity contribution >= 4 is 21.8 Å². The number of carbonyl (C=O) groups excluding carboxylic acids is 1. The first-order chi connectivity index (χ1) is 10.2. The maximum absolute atomic E-state index is 12.7. The number of nitrogens with one attached hydrogen (secondary N) is 1. The van der Waals surface area contributed by atoms with Crippen LogP contribution in [-0.2, 0) is 0 Å². The van der Waals surface area contributed by atoms with Crippen molar-refractivity contribution in [3.05, 3.63) is 23.8 Å². The van der Waals surface area contributed by atoms with E-state index in [0.717, 1.165) is 31.0 Å². The number of ether oxygens (including phenoxy) is 2. The molecule has 1 aromatic rings. The lowest BCUT2D eigenvalue weighted by Gasteiger charge is -2.36. The van der Waals surface area contributed by atoms with Crippen LogP contribution in [0.4, 0.5) is 0 Å². The summed E-state index contributed by atoms with van der Waals surface area (Å²) < 4.78 is 10.6. The van der Waals surface area contributed by atoms with Gasteiger partial charge in [-0.1, -0.05) is 41.3 Å². The van der Waals surface area contributed by atoms with E-state index in [1.807, 2.05) is 6.07 Å². The maximum atomic E-state index is 12.7. The van der Waals surface area contributed by atoms with Crippen LogP contribution in [0.25, 0.3) is 0 Å². The third-order valence-electron chi connectivity index (χ3n) is 4.10. The van der Waals surface area contributed by atoms with Crippen molar-refractivity contribution in [2.45, 2.75) is 37.6 Å². The van der Waals surface area contributed by atoms with Crippen LogP contribution in [0.5, 0.6) is 11.5 Å². The summed E-state index contributed by atoms with van der Waals surface area (Å²) in [5.74, 6) is 0.936. The highest BCUT2D eigenvalue weighted by molar-refractivity contribution is 9.09. The van der Waals surface area contributed by atoms with Crippen molar-refractivity contribution in [1.29, 1.82) is 0 Å². The van der Waals surface area contributed by atoms with E-state index in [1.165, 1.54) is 6.42 Å². The Morgan fingerprint density at radius 1 is 1.19 bits per heavy atom. The second kappa shape index (κ2) is 7.16. The third kappa shape index (κ3) is 3.51. The fourth-order valence-electron chi connectivity index (χ4n) is 2.90. The molecule has 0 unspecified atom stereocenters. The van der Waals surface area contributed by atoms with Gasteiger partial charge >= 0.3 is 0 Å². The smallest absolute Gasteiger partial charge is 0.259 e. The molecule has 0 radical (unpaired) electrons. The van der Waals surface area contributed by atoms with E-state index in [9.17, 15) is 4.79 Å². The first kappa shape index (κ1) is 16.1. The van der Waals surface area contributed by atoms with Crippen LogP contribution in [0.1, 0.15) is 42.5 Å². The molecule has 1 fully saturated rings. The van der Waals surface area contributed by atoms with E-state index in [-0.39, 0.29) is 11.4 Å². The Morgan fingerprint density at radius 3 is 2.24 bits per heavy atom. The number of rotatable bonds is 5. The molecule has 0 atom stereocenters. The fraction of sp³-hybridized carbons (Fsp3) is 0.562. The molecule has 1 aromatic carbocycles. The van der Waals surface area contributed by atoms with E-state index in [0.29, 0.717) is 17.1 Å². The number of alkyl halides is 1. The molecule has 1 N–H and O–H groups in total. The predicted molar refractivity (Wildman–Crippen MR) is 86.6 cm³/mol. The van der Waals surface area contributed by atoms with Crippen LogP contribution in [0.3, 0.4) is 0 Å². The highest BCUT2D eigenvalue weighted by Crippen LogP contribution is 2.33. The molecule has 0 spiro atoms. The molecular formula is C16H22BrNO3. The van der Waals surface area contributed by atoms with Crippen molar-refractivity contribution < 1.29 is 14.3 Å². The highest BCUT2D eigenvalue weighted by atomic mass is 79.9. The van der Waals surface area contributed by atoms with Gasteiger partial charge in [-0.2, -0.15) is 0 Å². The molecule has 21 heavy (non-hydrogen) atoms. The minimum Gasteiger partial charge on any atom is -0.496 e. The topological polar surface area (TPSA) is 47.6 Å². The van der Waals surface area contributed by atoms with Gasteiger partial charge in [0.05, 0.1) is 19.8 Å². The molecule has 1 aliphatic rings. The second-order valence-electron chi connectivity index (χ2n) is 5.47. The van der Waals surface area contributed by atoms with Crippen LogP contribution >= 0.6 is 15.9 Å². The second-order valence-corrected chi connectivity index (χ2v) is 6.03. The van der Waals surface area contributed by atoms with Gasteiger partial charge < -0.3 is 14.8 Å². The van der Waals surface area contributed by atoms with Gasteiger partial charge in [0.1, 0.15) is 17.1 Å². The first-order valence-corrected chi connectivity index (χ1v) is 8.37. The summed E-state index contributed by atoms with van der Waals surface area (Å²) in [5.41, 5.74) is 0.301. The van der Waals surface area contributed by atoms with E-state index >= 15 is 0 Å². The number of halogens is 1. The average molecular weight is 356 g/mol. The van der Waals surface area contributed by atoms with Gasteiger partial charge in [-0.15, -0.1) is 0 Å². The van der Waals surface area contributed by atoms with Gasteiger partial charge in [-0.25, -0.2) is 0 Å². The van der Waals surface area contributed by atoms with Crippen LogP contribution in [0, 0.1) is 0 Å². The molecule has 0 bridgehead atoms. The summed E-state index contributed by atoms with van der Waals surface area (Å²) in [7, 11) is 3.12. The number of carbonyl (C=O) groups is 1.